The highest BCUT2D eigenvalue weighted by molar-refractivity contribution is 7.92. The molecule has 1 fully saturated rings. The molecule has 0 atom stereocenters. The van der Waals surface area contributed by atoms with Crippen molar-refractivity contribution in [2.75, 3.05) is 22.7 Å². The number of nitrogens with zero attached hydrogens (tertiary/aromatic N) is 3. The number of benzene rings is 1. The van der Waals surface area contributed by atoms with Gasteiger partial charge in [0.15, 0.2) is 5.03 Å². The van der Waals surface area contributed by atoms with Crippen molar-refractivity contribution in [1.29, 1.82) is 0 Å². The molecule has 1 N–H and O–H groups in total. The molecule has 0 unspecified atom stereocenters. The second-order valence-electron chi connectivity index (χ2n) is 8.40. The number of nitrogens with one attached hydrogen (secondary N) is 1. The summed E-state index contributed by atoms with van der Waals surface area (Å²) in [6.45, 7) is 7.95. The van der Waals surface area contributed by atoms with Crippen LogP contribution in [-0.2, 0) is 10.0 Å². The summed E-state index contributed by atoms with van der Waals surface area (Å²) in [7, 11) is -3.91. The molecule has 8 heteroatoms. The highest BCUT2D eigenvalue weighted by Gasteiger charge is 2.22. The quantitative estimate of drug-likeness (QED) is 0.536. The predicted molar refractivity (Wildman–Crippen MR) is 130 cm³/mol. The fourth-order valence-corrected chi connectivity index (χ4v) is 5.18. The SMILES string of the molecule is Cc1cccc(C)c1-c1nc(NS(=O)(=O)c2cccc(N3CCC(C)CC3)n2)ccc1Cl. The van der Waals surface area contributed by atoms with Gasteiger partial charge >= 0.3 is 0 Å². The molecule has 0 radical (unpaired) electrons. The lowest BCUT2D eigenvalue weighted by atomic mass is 9.99. The van der Waals surface area contributed by atoms with E-state index < -0.39 is 10.0 Å². The van der Waals surface area contributed by atoms with Crippen LogP contribution >= 0.6 is 11.6 Å². The zero-order valence-corrected chi connectivity index (χ0v) is 20.0. The second-order valence-corrected chi connectivity index (χ2v) is 10.4. The highest BCUT2D eigenvalue weighted by atomic mass is 35.5. The molecule has 4 rings (SSSR count). The summed E-state index contributed by atoms with van der Waals surface area (Å²) in [6.07, 6.45) is 2.15. The van der Waals surface area contributed by atoms with Gasteiger partial charge in [-0.25, -0.2) is 9.97 Å². The van der Waals surface area contributed by atoms with Crippen molar-refractivity contribution < 1.29 is 8.42 Å². The number of hydrogen-bond donors (Lipinski definition) is 1. The lowest BCUT2D eigenvalue weighted by Crippen LogP contribution is -2.33. The summed E-state index contributed by atoms with van der Waals surface area (Å²) in [5.41, 5.74) is 3.49. The Morgan fingerprint density at radius 1 is 0.969 bits per heavy atom. The number of anilines is 2. The number of halogens is 1. The van der Waals surface area contributed by atoms with E-state index in [4.69, 9.17) is 11.6 Å². The maximum absolute atomic E-state index is 13.1. The maximum atomic E-state index is 13.1. The second kappa shape index (κ2) is 9.08. The molecule has 168 valence electrons. The van der Waals surface area contributed by atoms with Crippen LogP contribution in [0.2, 0.25) is 5.02 Å². The van der Waals surface area contributed by atoms with Gasteiger partial charge in [0.1, 0.15) is 11.6 Å². The van der Waals surface area contributed by atoms with Crippen molar-refractivity contribution in [2.24, 2.45) is 5.92 Å². The van der Waals surface area contributed by atoms with Crippen LogP contribution in [0, 0.1) is 19.8 Å². The maximum Gasteiger partial charge on any atom is 0.280 e. The van der Waals surface area contributed by atoms with E-state index in [-0.39, 0.29) is 10.8 Å². The van der Waals surface area contributed by atoms with E-state index in [0.29, 0.717) is 22.5 Å². The molecule has 0 spiro atoms. The van der Waals surface area contributed by atoms with E-state index in [0.717, 1.165) is 42.6 Å². The summed E-state index contributed by atoms with van der Waals surface area (Å²) in [4.78, 5) is 11.1. The van der Waals surface area contributed by atoms with Gasteiger partial charge in [-0.15, -0.1) is 0 Å². The number of piperidine rings is 1. The molecule has 0 amide bonds. The minimum absolute atomic E-state index is 0.0287. The Hall–Kier alpha value is -2.64. The summed E-state index contributed by atoms with van der Waals surface area (Å²) in [5, 5.41) is 0.434. The summed E-state index contributed by atoms with van der Waals surface area (Å²) in [5.74, 6) is 1.56. The smallest absolute Gasteiger partial charge is 0.280 e. The van der Waals surface area contributed by atoms with E-state index in [1.54, 1.807) is 18.2 Å². The predicted octanol–water partition coefficient (Wildman–Crippen LogP) is 5.45. The Bertz CT molecular complexity index is 1220. The van der Waals surface area contributed by atoms with Crippen LogP contribution in [0.25, 0.3) is 11.3 Å². The molecular formula is C24H27ClN4O2S. The molecule has 6 nitrogen and oxygen atoms in total. The van der Waals surface area contributed by atoms with Gasteiger partial charge in [0, 0.05) is 18.7 Å². The van der Waals surface area contributed by atoms with Crippen molar-refractivity contribution in [3.63, 3.8) is 0 Å². The minimum Gasteiger partial charge on any atom is -0.357 e. The average Bonchev–Trinajstić information content (AvgIpc) is 2.76. The molecule has 2 aromatic heterocycles. The van der Waals surface area contributed by atoms with Gasteiger partial charge in [-0.05, 0) is 68.0 Å². The van der Waals surface area contributed by atoms with Crippen LogP contribution in [-0.4, -0.2) is 31.5 Å². The van der Waals surface area contributed by atoms with Crippen LogP contribution in [0.3, 0.4) is 0 Å². The van der Waals surface area contributed by atoms with E-state index in [1.807, 2.05) is 38.1 Å². The standard InChI is InChI=1S/C24H27ClN4O2S/c1-16-12-14-29(15-13-16)21-8-5-9-22(27-21)32(30,31)28-20-11-10-19(25)24(26-20)23-17(2)6-4-7-18(23)3/h4-11,16H,12-15H2,1-3H3,(H,26,28). The third kappa shape index (κ3) is 4.74. The van der Waals surface area contributed by atoms with Crippen LogP contribution in [0.4, 0.5) is 11.6 Å². The normalized spacial score (nSPS) is 15.1. The van der Waals surface area contributed by atoms with Gasteiger partial charge in [0.25, 0.3) is 10.0 Å². The first-order valence-corrected chi connectivity index (χ1v) is 12.6. The number of sulfonamides is 1. The Morgan fingerprint density at radius 2 is 1.62 bits per heavy atom. The first-order valence-electron chi connectivity index (χ1n) is 10.7. The molecule has 0 saturated carbocycles. The van der Waals surface area contributed by atoms with Gasteiger partial charge < -0.3 is 4.90 Å². The Kier molecular flexibility index (Phi) is 6.40. The third-order valence-electron chi connectivity index (χ3n) is 5.89. The molecule has 32 heavy (non-hydrogen) atoms. The molecule has 1 aromatic carbocycles. The number of rotatable bonds is 5. The lowest BCUT2D eigenvalue weighted by Gasteiger charge is -2.31. The van der Waals surface area contributed by atoms with Gasteiger partial charge in [0.2, 0.25) is 0 Å². The van der Waals surface area contributed by atoms with Crippen molar-refractivity contribution in [2.45, 2.75) is 38.6 Å². The van der Waals surface area contributed by atoms with Crippen LogP contribution < -0.4 is 9.62 Å². The lowest BCUT2D eigenvalue weighted by molar-refractivity contribution is 0.436. The third-order valence-corrected chi connectivity index (χ3v) is 7.46. The molecule has 1 aliphatic heterocycles. The average molecular weight is 471 g/mol. The molecule has 0 aliphatic carbocycles. The highest BCUT2D eigenvalue weighted by Crippen LogP contribution is 2.33. The van der Waals surface area contributed by atoms with E-state index in [9.17, 15) is 8.42 Å². The summed E-state index contributed by atoms with van der Waals surface area (Å²) in [6, 6.07) is 14.2. The van der Waals surface area contributed by atoms with E-state index in [1.165, 1.54) is 6.07 Å². The van der Waals surface area contributed by atoms with Crippen LogP contribution in [0.1, 0.15) is 30.9 Å². The van der Waals surface area contributed by atoms with Crippen molar-refractivity contribution in [3.8, 4) is 11.3 Å². The Morgan fingerprint density at radius 3 is 2.31 bits per heavy atom. The first kappa shape index (κ1) is 22.6. The molecule has 1 saturated heterocycles. The van der Waals surface area contributed by atoms with Crippen LogP contribution in [0.5, 0.6) is 0 Å². The van der Waals surface area contributed by atoms with Crippen molar-refractivity contribution in [1.82, 2.24) is 9.97 Å². The zero-order chi connectivity index (χ0) is 22.9. The fourth-order valence-electron chi connectivity index (χ4n) is 4.02. The molecule has 3 aromatic rings. The topological polar surface area (TPSA) is 75.2 Å². The van der Waals surface area contributed by atoms with Crippen molar-refractivity contribution >= 4 is 33.3 Å². The zero-order valence-electron chi connectivity index (χ0n) is 18.5. The van der Waals surface area contributed by atoms with Gasteiger partial charge in [-0.1, -0.05) is 42.8 Å². The van der Waals surface area contributed by atoms with E-state index >= 15 is 0 Å². The van der Waals surface area contributed by atoms with Gasteiger partial charge in [-0.2, -0.15) is 8.42 Å². The fraction of sp³-hybridized carbons (Fsp3) is 0.333. The van der Waals surface area contributed by atoms with Gasteiger partial charge in [-0.3, -0.25) is 4.72 Å². The first-order chi connectivity index (χ1) is 15.2. The molecule has 0 bridgehead atoms. The number of aryl methyl sites for hydroxylation is 2. The summed E-state index contributed by atoms with van der Waals surface area (Å²) >= 11 is 6.42. The Balaban J connectivity index is 1.63. The molecule has 3 heterocycles. The van der Waals surface area contributed by atoms with Gasteiger partial charge in [0.05, 0.1) is 10.7 Å². The molecule has 1 aliphatic rings. The monoisotopic (exact) mass is 470 g/mol. The number of pyridine rings is 2. The Labute approximate surface area is 194 Å². The molecular weight excluding hydrogens is 444 g/mol. The van der Waals surface area contributed by atoms with Crippen molar-refractivity contribution in [3.05, 3.63) is 64.7 Å². The van der Waals surface area contributed by atoms with E-state index in [2.05, 4.69) is 26.5 Å². The summed E-state index contributed by atoms with van der Waals surface area (Å²) < 4.78 is 28.7. The number of hydrogen-bond acceptors (Lipinski definition) is 5. The largest absolute Gasteiger partial charge is 0.357 e. The number of aromatic nitrogens is 2. The van der Waals surface area contributed by atoms with Crippen LogP contribution in [0.15, 0.2) is 53.6 Å². The minimum atomic E-state index is -3.91.